The van der Waals surface area contributed by atoms with Crippen molar-refractivity contribution in [2.24, 2.45) is 0 Å². The second-order valence-corrected chi connectivity index (χ2v) is 8.26. The predicted molar refractivity (Wildman–Crippen MR) is 127 cm³/mol. The second kappa shape index (κ2) is 10.3. The first-order valence-corrected chi connectivity index (χ1v) is 10.8. The molecule has 0 aliphatic rings. The summed E-state index contributed by atoms with van der Waals surface area (Å²) in [6.07, 6.45) is 1.73. The molecule has 1 aromatic heterocycles. The van der Waals surface area contributed by atoms with Gasteiger partial charge in [-0.2, -0.15) is 0 Å². The highest BCUT2D eigenvalue weighted by Gasteiger charge is 2.17. The molecule has 11 heteroatoms. The third kappa shape index (κ3) is 5.45. The van der Waals surface area contributed by atoms with E-state index in [4.69, 9.17) is 11.6 Å². The predicted octanol–water partition coefficient (Wildman–Crippen LogP) is 4.49. The zero-order valence-electron chi connectivity index (χ0n) is 17.5. The average molecular weight is 473 g/mol. The SMILES string of the molecule is C=CCn1c(SCC(=O)Nc2cc([N+](=O)[O-])ccc2Cl)nnc1-c1cccc(N(C)C)c1. The van der Waals surface area contributed by atoms with Crippen molar-refractivity contribution in [3.63, 3.8) is 0 Å². The fourth-order valence-corrected chi connectivity index (χ4v) is 3.78. The van der Waals surface area contributed by atoms with E-state index >= 15 is 0 Å². The summed E-state index contributed by atoms with van der Waals surface area (Å²) in [6.45, 7) is 4.27. The van der Waals surface area contributed by atoms with E-state index in [0.29, 0.717) is 17.5 Å². The molecule has 32 heavy (non-hydrogen) atoms. The van der Waals surface area contributed by atoms with Crippen LogP contribution in [0.25, 0.3) is 11.4 Å². The molecule has 1 amide bonds. The summed E-state index contributed by atoms with van der Waals surface area (Å²) in [7, 11) is 3.92. The summed E-state index contributed by atoms with van der Waals surface area (Å²) in [6, 6.07) is 11.8. The van der Waals surface area contributed by atoms with Crippen molar-refractivity contribution in [1.29, 1.82) is 0 Å². The number of non-ortho nitro benzene ring substituents is 1. The van der Waals surface area contributed by atoms with Crippen molar-refractivity contribution < 1.29 is 9.72 Å². The molecule has 1 N–H and O–H groups in total. The van der Waals surface area contributed by atoms with E-state index < -0.39 is 4.92 Å². The van der Waals surface area contributed by atoms with Crippen molar-refractivity contribution >= 4 is 46.3 Å². The molecule has 0 aliphatic heterocycles. The zero-order valence-corrected chi connectivity index (χ0v) is 19.1. The molecule has 0 radical (unpaired) electrons. The van der Waals surface area contributed by atoms with E-state index in [1.54, 1.807) is 6.08 Å². The number of hydrogen-bond donors (Lipinski definition) is 1. The molecule has 0 saturated carbocycles. The molecular formula is C21H21ClN6O3S. The van der Waals surface area contributed by atoms with Crippen LogP contribution in [0.1, 0.15) is 0 Å². The number of hydrogen-bond acceptors (Lipinski definition) is 7. The number of benzene rings is 2. The number of aromatic nitrogens is 3. The molecule has 1 heterocycles. The molecule has 3 rings (SSSR count). The van der Waals surface area contributed by atoms with Crippen LogP contribution in [0.2, 0.25) is 5.02 Å². The summed E-state index contributed by atoms with van der Waals surface area (Å²) < 4.78 is 1.88. The van der Waals surface area contributed by atoms with Crippen molar-refractivity contribution in [3.05, 3.63) is 70.3 Å². The molecule has 2 aromatic carbocycles. The van der Waals surface area contributed by atoms with Crippen LogP contribution in [0.3, 0.4) is 0 Å². The molecule has 0 unspecified atom stereocenters. The second-order valence-electron chi connectivity index (χ2n) is 6.91. The van der Waals surface area contributed by atoms with E-state index in [2.05, 4.69) is 22.1 Å². The van der Waals surface area contributed by atoms with Crippen LogP contribution in [-0.4, -0.2) is 45.4 Å². The number of thioether (sulfide) groups is 1. The van der Waals surface area contributed by atoms with Gasteiger partial charge in [-0.15, -0.1) is 16.8 Å². The Morgan fingerprint density at radius 3 is 2.78 bits per heavy atom. The van der Waals surface area contributed by atoms with Crippen LogP contribution in [0.4, 0.5) is 17.1 Å². The maximum Gasteiger partial charge on any atom is 0.271 e. The molecule has 166 valence electrons. The number of anilines is 2. The minimum atomic E-state index is -0.550. The Kier molecular flexibility index (Phi) is 7.49. The number of allylic oxidation sites excluding steroid dienone is 1. The Morgan fingerprint density at radius 1 is 1.31 bits per heavy atom. The maximum atomic E-state index is 12.4. The maximum absolute atomic E-state index is 12.4. The van der Waals surface area contributed by atoms with Crippen LogP contribution in [0.5, 0.6) is 0 Å². The Morgan fingerprint density at radius 2 is 2.09 bits per heavy atom. The Labute approximate surface area is 194 Å². The van der Waals surface area contributed by atoms with Gasteiger partial charge in [0, 0.05) is 44.0 Å². The summed E-state index contributed by atoms with van der Waals surface area (Å²) in [5.74, 6) is 0.311. The molecule has 0 saturated heterocycles. The van der Waals surface area contributed by atoms with Crippen molar-refractivity contribution in [3.8, 4) is 11.4 Å². The molecule has 0 bridgehead atoms. The van der Waals surface area contributed by atoms with Gasteiger partial charge in [0.05, 0.1) is 21.4 Å². The summed E-state index contributed by atoms with van der Waals surface area (Å²) >= 11 is 7.25. The highest BCUT2D eigenvalue weighted by atomic mass is 35.5. The lowest BCUT2D eigenvalue weighted by Gasteiger charge is -2.14. The number of carbonyl (C=O) groups excluding carboxylic acids is 1. The van der Waals surface area contributed by atoms with Crippen LogP contribution in [0.15, 0.2) is 60.3 Å². The molecule has 0 atom stereocenters. The lowest BCUT2D eigenvalue weighted by Crippen LogP contribution is -2.15. The number of halogens is 1. The molecule has 0 aliphatic carbocycles. The third-order valence-electron chi connectivity index (χ3n) is 4.42. The monoisotopic (exact) mass is 472 g/mol. The number of carbonyl (C=O) groups is 1. The van der Waals surface area contributed by atoms with Crippen LogP contribution in [-0.2, 0) is 11.3 Å². The number of rotatable bonds is 9. The Bertz CT molecular complexity index is 1160. The molecule has 0 fully saturated rings. The van der Waals surface area contributed by atoms with Gasteiger partial charge in [-0.05, 0) is 18.2 Å². The Balaban J connectivity index is 1.76. The first kappa shape index (κ1) is 23.3. The van der Waals surface area contributed by atoms with Gasteiger partial charge in [-0.3, -0.25) is 19.5 Å². The number of nitrogens with zero attached hydrogens (tertiary/aromatic N) is 5. The third-order valence-corrected chi connectivity index (χ3v) is 5.71. The lowest BCUT2D eigenvalue weighted by atomic mass is 10.2. The zero-order chi connectivity index (χ0) is 23.3. The number of amides is 1. The van der Waals surface area contributed by atoms with Crippen molar-refractivity contribution in [2.45, 2.75) is 11.7 Å². The van der Waals surface area contributed by atoms with E-state index in [1.807, 2.05) is 47.8 Å². The van der Waals surface area contributed by atoms with Gasteiger partial charge in [0.25, 0.3) is 5.69 Å². The van der Waals surface area contributed by atoms with E-state index in [0.717, 1.165) is 11.3 Å². The van der Waals surface area contributed by atoms with E-state index in [-0.39, 0.29) is 28.1 Å². The summed E-state index contributed by atoms with van der Waals surface area (Å²) in [4.78, 5) is 24.8. The molecule has 9 nitrogen and oxygen atoms in total. The van der Waals surface area contributed by atoms with Crippen LogP contribution in [0, 0.1) is 10.1 Å². The molecule has 0 spiro atoms. The standard InChI is InChI=1S/C21H21ClN6O3S/c1-4-10-27-20(14-6-5-7-15(11-14)26(2)3)24-25-21(27)32-13-19(29)23-18-12-16(28(30)31)8-9-17(18)22/h4-9,11-12H,1,10,13H2,2-3H3,(H,23,29). The Hall–Kier alpha value is -3.37. The van der Waals surface area contributed by atoms with E-state index in [9.17, 15) is 14.9 Å². The first-order valence-electron chi connectivity index (χ1n) is 9.48. The fourth-order valence-electron chi connectivity index (χ4n) is 2.86. The normalized spacial score (nSPS) is 10.6. The smallest absolute Gasteiger partial charge is 0.271 e. The molecular weight excluding hydrogens is 452 g/mol. The largest absolute Gasteiger partial charge is 0.378 e. The van der Waals surface area contributed by atoms with Gasteiger partial charge in [-0.1, -0.05) is 41.6 Å². The highest BCUT2D eigenvalue weighted by molar-refractivity contribution is 7.99. The van der Waals surface area contributed by atoms with Crippen LogP contribution >= 0.6 is 23.4 Å². The number of nitro benzene ring substituents is 1. The fraction of sp³-hybridized carbons (Fsp3) is 0.190. The minimum Gasteiger partial charge on any atom is -0.378 e. The van der Waals surface area contributed by atoms with Gasteiger partial charge in [0.1, 0.15) is 0 Å². The lowest BCUT2D eigenvalue weighted by molar-refractivity contribution is -0.384. The van der Waals surface area contributed by atoms with Crippen molar-refractivity contribution in [2.75, 3.05) is 30.1 Å². The van der Waals surface area contributed by atoms with Crippen LogP contribution < -0.4 is 10.2 Å². The van der Waals surface area contributed by atoms with Gasteiger partial charge in [-0.25, -0.2) is 0 Å². The highest BCUT2D eigenvalue weighted by Crippen LogP contribution is 2.29. The van der Waals surface area contributed by atoms with Crippen molar-refractivity contribution in [1.82, 2.24) is 14.8 Å². The summed E-state index contributed by atoms with van der Waals surface area (Å²) in [5, 5.41) is 22.9. The van der Waals surface area contributed by atoms with E-state index in [1.165, 1.54) is 30.0 Å². The molecule has 3 aromatic rings. The topological polar surface area (TPSA) is 106 Å². The number of nitrogens with one attached hydrogen (secondary N) is 1. The van der Waals surface area contributed by atoms with Gasteiger partial charge in [0.15, 0.2) is 11.0 Å². The average Bonchev–Trinajstić information content (AvgIpc) is 3.16. The van der Waals surface area contributed by atoms with Gasteiger partial charge < -0.3 is 10.2 Å². The first-order chi connectivity index (χ1) is 15.3. The van der Waals surface area contributed by atoms with Gasteiger partial charge >= 0.3 is 0 Å². The quantitative estimate of drug-likeness (QED) is 0.211. The number of nitro groups is 1. The summed E-state index contributed by atoms with van der Waals surface area (Å²) in [5.41, 5.74) is 1.94. The minimum absolute atomic E-state index is 0.0199. The van der Waals surface area contributed by atoms with Gasteiger partial charge in [0.2, 0.25) is 5.91 Å².